The number of rotatable bonds is 14. The minimum Gasteiger partial charge on any atom is -0.462 e. The molecule has 17 atom stereocenters. The maximum atomic E-state index is 12.0. The first-order valence-corrected chi connectivity index (χ1v) is 25.2. The van der Waals surface area contributed by atoms with Gasteiger partial charge in [0, 0.05) is 53.8 Å². The lowest BCUT2D eigenvalue weighted by molar-refractivity contribution is -0.318. The number of carbonyl (C=O) groups is 2. The molecule has 5 saturated carbocycles. The maximum absolute atomic E-state index is 12.0. The highest BCUT2D eigenvalue weighted by molar-refractivity contribution is 5.69. The summed E-state index contributed by atoms with van der Waals surface area (Å²) in [6.45, 7) is 25.8. The SMILES string of the molecule is C=C(CCC)OO[C@H]1CC[C@@]2(C)C(=C[C@H](O)C3C4CCC(OC(=O)CC)[C@@]4(C)COC32)C1.C=C(CCC)OO[C@H]1CC[C@@]2(C)C(C1)C[C@H](O)C1C2OC[C@@]2(C)C1CC[C@@H]2OC(=O)CC. The standard InChI is InChI=1S/C26H42O6.C26H40O6/c2*1-6-8-16(3)31-32-18-11-12-25(4)17(13-18)14-20(27)23-19-9-10-21(30-22(28)7-2)26(19,5)15-29-24(23)25/h17-21,23-24,27H,3,6-15H2,1-2,4-5H3;14,18-21,23-24,27H,3,6-13,15H2,1-2,4-5H3/t17?,18-,19?,20-,21-,23?,24?,25-,26-;18-,19?,20-,21?,23?,24?,25-,26-/m00/s1. The van der Waals surface area contributed by atoms with Gasteiger partial charge in [-0.2, -0.15) is 9.78 Å². The third kappa shape index (κ3) is 9.37. The van der Waals surface area contributed by atoms with Crippen molar-refractivity contribution in [3.8, 4) is 0 Å². The molecule has 0 aromatic carbocycles. The number of carbonyl (C=O) groups excluding carboxylic acids is 2. The van der Waals surface area contributed by atoms with Crippen LogP contribution in [0.25, 0.3) is 0 Å². The molecule has 6 aliphatic carbocycles. The van der Waals surface area contributed by atoms with Gasteiger partial charge in [-0.3, -0.25) is 9.59 Å². The van der Waals surface area contributed by atoms with E-state index in [2.05, 4.69) is 60.8 Å². The Morgan fingerprint density at radius 1 is 0.688 bits per heavy atom. The Morgan fingerprint density at radius 3 is 1.78 bits per heavy atom. The molecule has 0 amide bonds. The summed E-state index contributed by atoms with van der Waals surface area (Å²) in [7, 11) is 0. The van der Waals surface area contributed by atoms with Gasteiger partial charge in [-0.05, 0) is 107 Å². The molecule has 7 fully saturated rings. The quantitative estimate of drug-likeness (QED) is 0.0562. The van der Waals surface area contributed by atoms with Crippen molar-refractivity contribution in [3.63, 3.8) is 0 Å². The van der Waals surface area contributed by atoms with E-state index in [1.807, 2.05) is 13.8 Å². The van der Waals surface area contributed by atoms with E-state index in [-0.39, 0.29) is 88.0 Å². The van der Waals surface area contributed by atoms with Gasteiger partial charge in [-0.25, -0.2) is 0 Å². The van der Waals surface area contributed by atoms with Crippen molar-refractivity contribution in [3.05, 3.63) is 36.3 Å². The molecule has 2 aliphatic heterocycles. The molecule has 2 N–H and O–H groups in total. The number of aliphatic hydroxyl groups excluding tert-OH is 2. The number of allylic oxidation sites excluding steroid dienone is 2. The highest BCUT2D eigenvalue weighted by Gasteiger charge is 2.65. The Hall–Kier alpha value is -2.48. The van der Waals surface area contributed by atoms with E-state index in [9.17, 15) is 19.8 Å². The Morgan fingerprint density at radius 2 is 1.22 bits per heavy atom. The van der Waals surface area contributed by atoms with Crippen LogP contribution in [0.15, 0.2) is 36.3 Å². The zero-order chi connectivity index (χ0) is 46.2. The summed E-state index contributed by atoms with van der Waals surface area (Å²) < 4.78 is 24.8. The second-order valence-corrected chi connectivity index (χ2v) is 22.0. The van der Waals surface area contributed by atoms with Crippen LogP contribution in [0.3, 0.4) is 0 Å². The molecule has 0 spiro atoms. The van der Waals surface area contributed by atoms with Crippen LogP contribution in [-0.4, -0.2) is 84.2 Å². The van der Waals surface area contributed by atoms with Crippen LogP contribution in [0.4, 0.5) is 0 Å². The third-order valence-electron chi connectivity index (χ3n) is 17.9. The van der Waals surface area contributed by atoms with Gasteiger partial charge in [0.2, 0.25) is 0 Å². The molecule has 2 saturated heterocycles. The normalized spacial score (nSPS) is 44.1. The average Bonchev–Trinajstić information content (AvgIpc) is 3.78. The van der Waals surface area contributed by atoms with E-state index in [0.29, 0.717) is 49.4 Å². The van der Waals surface area contributed by atoms with Gasteiger partial charge in [0.25, 0.3) is 0 Å². The van der Waals surface area contributed by atoms with E-state index in [1.54, 1.807) is 0 Å². The molecule has 0 bridgehead atoms. The van der Waals surface area contributed by atoms with Gasteiger partial charge < -0.3 is 38.9 Å². The van der Waals surface area contributed by atoms with Crippen molar-refractivity contribution in [1.82, 2.24) is 0 Å². The van der Waals surface area contributed by atoms with Crippen LogP contribution >= 0.6 is 0 Å². The highest BCUT2D eigenvalue weighted by atomic mass is 17.2. The fourth-order valence-corrected chi connectivity index (χ4v) is 14.1. The Kier molecular flexibility index (Phi) is 15.5. The first kappa shape index (κ1) is 49.4. The molecule has 362 valence electrons. The van der Waals surface area contributed by atoms with Gasteiger partial charge in [0.15, 0.2) is 0 Å². The summed E-state index contributed by atoms with van der Waals surface area (Å²) in [5.41, 5.74) is 0.641. The molecule has 12 nitrogen and oxygen atoms in total. The fraction of sp³-hybridized carbons (Fsp3) is 0.846. The van der Waals surface area contributed by atoms with Crippen LogP contribution in [0.2, 0.25) is 0 Å². The minimum atomic E-state index is -0.567. The second kappa shape index (κ2) is 20.0. The Labute approximate surface area is 383 Å². The van der Waals surface area contributed by atoms with Crippen molar-refractivity contribution in [1.29, 1.82) is 0 Å². The van der Waals surface area contributed by atoms with Crippen molar-refractivity contribution in [2.75, 3.05) is 13.2 Å². The lowest BCUT2D eigenvalue weighted by Crippen LogP contribution is -2.64. The van der Waals surface area contributed by atoms with Crippen LogP contribution in [-0.2, 0) is 48.1 Å². The van der Waals surface area contributed by atoms with Crippen LogP contribution in [0, 0.1) is 51.2 Å². The maximum Gasteiger partial charge on any atom is 0.305 e. The summed E-state index contributed by atoms with van der Waals surface area (Å²) in [6, 6.07) is 0. The smallest absolute Gasteiger partial charge is 0.305 e. The summed E-state index contributed by atoms with van der Waals surface area (Å²) >= 11 is 0. The predicted molar refractivity (Wildman–Crippen MR) is 241 cm³/mol. The lowest BCUT2D eigenvalue weighted by Gasteiger charge is -2.61. The Balaban J connectivity index is 0.000000191. The van der Waals surface area contributed by atoms with E-state index >= 15 is 0 Å². The number of ether oxygens (including phenoxy) is 4. The van der Waals surface area contributed by atoms with E-state index in [4.69, 9.17) is 38.5 Å². The van der Waals surface area contributed by atoms with Crippen molar-refractivity contribution in [2.45, 2.75) is 213 Å². The van der Waals surface area contributed by atoms with Crippen LogP contribution in [0.5, 0.6) is 0 Å². The summed E-state index contributed by atoms with van der Waals surface area (Å²) in [5.74, 6) is 2.08. The number of hydrogen-bond donors (Lipinski definition) is 2. The molecule has 0 radical (unpaired) electrons. The molecule has 64 heavy (non-hydrogen) atoms. The molecular formula is C52H82O12. The van der Waals surface area contributed by atoms with Gasteiger partial charge >= 0.3 is 11.9 Å². The van der Waals surface area contributed by atoms with E-state index in [1.165, 1.54) is 5.57 Å². The molecule has 8 aliphatic rings. The largest absolute Gasteiger partial charge is 0.462 e. The summed E-state index contributed by atoms with van der Waals surface area (Å²) in [4.78, 5) is 46.3. The molecule has 2 heterocycles. The average molecular weight is 899 g/mol. The van der Waals surface area contributed by atoms with Gasteiger partial charge in [-0.15, -0.1) is 0 Å². The zero-order valence-electron chi connectivity index (χ0n) is 40.4. The van der Waals surface area contributed by atoms with E-state index in [0.717, 1.165) is 96.3 Å². The first-order chi connectivity index (χ1) is 30.4. The molecule has 8 rings (SSSR count). The lowest BCUT2D eigenvalue weighted by atomic mass is 9.50. The number of esters is 2. The second-order valence-electron chi connectivity index (χ2n) is 22.0. The zero-order valence-corrected chi connectivity index (χ0v) is 40.4. The highest BCUT2D eigenvalue weighted by Crippen LogP contribution is 2.63. The predicted octanol–water partition coefficient (Wildman–Crippen LogP) is 9.80. The number of fused-ring (bicyclic) bond motifs is 10. The van der Waals surface area contributed by atoms with Crippen molar-refractivity contribution >= 4 is 11.9 Å². The summed E-state index contributed by atoms with van der Waals surface area (Å²) in [5, 5.41) is 22.6. The van der Waals surface area contributed by atoms with Gasteiger partial charge in [0.1, 0.15) is 35.9 Å². The molecule has 8 unspecified atom stereocenters. The third-order valence-corrected chi connectivity index (χ3v) is 17.9. The number of aliphatic hydroxyl groups is 2. The monoisotopic (exact) mass is 899 g/mol. The fourth-order valence-electron chi connectivity index (χ4n) is 14.1. The topological polar surface area (TPSA) is 148 Å². The Bertz CT molecular complexity index is 1710. The minimum absolute atomic E-state index is 0.0176. The molecule has 0 aromatic heterocycles. The van der Waals surface area contributed by atoms with Crippen molar-refractivity contribution < 1.29 is 58.3 Å². The first-order valence-electron chi connectivity index (χ1n) is 25.2. The molecular weight excluding hydrogens is 817 g/mol. The van der Waals surface area contributed by atoms with Gasteiger partial charge in [-0.1, -0.05) is 80.2 Å². The van der Waals surface area contributed by atoms with Crippen molar-refractivity contribution in [2.24, 2.45) is 51.2 Å². The number of hydrogen-bond acceptors (Lipinski definition) is 12. The van der Waals surface area contributed by atoms with Crippen LogP contribution < -0.4 is 0 Å². The van der Waals surface area contributed by atoms with Gasteiger partial charge in [0.05, 0.1) is 37.6 Å². The molecule has 12 heteroatoms. The molecule has 0 aromatic rings. The van der Waals surface area contributed by atoms with Crippen LogP contribution in [0.1, 0.15) is 165 Å². The summed E-state index contributed by atoms with van der Waals surface area (Å²) in [6.07, 6.45) is 14.9. The van der Waals surface area contributed by atoms with E-state index < -0.39 is 12.2 Å².